The minimum atomic E-state index is -0.418. The molecule has 0 saturated heterocycles. The fraction of sp³-hybridized carbons (Fsp3) is 0.727. The Morgan fingerprint density at radius 3 is 2.75 bits per heavy atom. The van der Waals surface area contributed by atoms with Crippen molar-refractivity contribution >= 4 is 23.7 Å². The van der Waals surface area contributed by atoms with Gasteiger partial charge in [-0.1, -0.05) is 31.0 Å². The Morgan fingerprint density at radius 1 is 1.35 bits per heavy atom. The summed E-state index contributed by atoms with van der Waals surface area (Å²) in [5.74, 6) is -0.252. The highest BCUT2D eigenvalue weighted by Crippen LogP contribution is 2.17. The number of aryl methyl sites for hydroxylation is 1. The molecule has 0 aromatic carbocycles. The molecule has 8 nitrogen and oxygen atoms in total. The first-order valence-electron chi connectivity index (χ1n) is 6.60. The van der Waals surface area contributed by atoms with Gasteiger partial charge in [0.15, 0.2) is 0 Å². The number of hydrogen-bond acceptors (Lipinski definition) is 6. The third kappa shape index (κ3) is 4.48. The number of aromatic nitrogens is 4. The number of hydrogen-bond donors (Lipinski definition) is 2. The van der Waals surface area contributed by atoms with Gasteiger partial charge in [0.05, 0.1) is 5.75 Å². The molecule has 0 spiro atoms. The molecule has 1 fully saturated rings. The second-order valence-electron chi connectivity index (χ2n) is 4.73. The van der Waals surface area contributed by atoms with E-state index in [0.29, 0.717) is 5.16 Å². The molecule has 2 rings (SSSR count). The zero-order chi connectivity index (χ0) is 14.4. The fourth-order valence-electron chi connectivity index (χ4n) is 2.10. The summed E-state index contributed by atoms with van der Waals surface area (Å²) in [6, 6.07) is -0.231. The summed E-state index contributed by atoms with van der Waals surface area (Å²) in [5.41, 5.74) is 0. The number of nitrogens with zero attached hydrogens (tertiary/aromatic N) is 4. The maximum absolute atomic E-state index is 11.7. The normalized spacial score (nSPS) is 15.8. The lowest BCUT2D eigenvalue weighted by molar-refractivity contribution is -0.117. The molecule has 0 unspecified atom stereocenters. The molecule has 1 aliphatic rings. The van der Waals surface area contributed by atoms with E-state index in [-0.39, 0.29) is 17.7 Å². The lowest BCUT2D eigenvalue weighted by atomic mass is 9.96. The number of carbonyl (C=O) groups is 2. The van der Waals surface area contributed by atoms with Gasteiger partial charge in [-0.3, -0.25) is 10.1 Å². The van der Waals surface area contributed by atoms with Gasteiger partial charge in [0, 0.05) is 13.1 Å². The van der Waals surface area contributed by atoms with Gasteiger partial charge in [0.2, 0.25) is 11.1 Å². The van der Waals surface area contributed by atoms with Crippen molar-refractivity contribution in [2.45, 2.75) is 43.3 Å². The molecule has 20 heavy (non-hydrogen) atoms. The van der Waals surface area contributed by atoms with Crippen LogP contribution in [0, 0.1) is 0 Å². The van der Waals surface area contributed by atoms with Gasteiger partial charge in [-0.25, -0.2) is 9.48 Å². The first kappa shape index (κ1) is 14.8. The molecule has 0 radical (unpaired) electrons. The van der Waals surface area contributed by atoms with E-state index >= 15 is 0 Å². The van der Waals surface area contributed by atoms with Crippen molar-refractivity contribution < 1.29 is 9.59 Å². The van der Waals surface area contributed by atoms with E-state index in [1.54, 1.807) is 7.05 Å². The molecule has 1 heterocycles. The molecule has 0 bridgehead atoms. The van der Waals surface area contributed by atoms with Crippen LogP contribution >= 0.6 is 11.8 Å². The smallest absolute Gasteiger partial charge is 0.321 e. The summed E-state index contributed by atoms with van der Waals surface area (Å²) < 4.78 is 1.47. The fourth-order valence-corrected chi connectivity index (χ4v) is 2.75. The van der Waals surface area contributed by atoms with Crippen molar-refractivity contribution in [1.29, 1.82) is 0 Å². The van der Waals surface area contributed by atoms with Crippen molar-refractivity contribution in [3.8, 4) is 0 Å². The van der Waals surface area contributed by atoms with E-state index in [9.17, 15) is 9.59 Å². The third-order valence-electron chi connectivity index (χ3n) is 3.11. The van der Waals surface area contributed by atoms with E-state index in [0.717, 1.165) is 25.7 Å². The van der Waals surface area contributed by atoms with Crippen LogP contribution in [0.25, 0.3) is 0 Å². The van der Waals surface area contributed by atoms with Crippen molar-refractivity contribution in [1.82, 2.24) is 30.8 Å². The van der Waals surface area contributed by atoms with Crippen LogP contribution in [0.1, 0.15) is 32.1 Å². The van der Waals surface area contributed by atoms with Gasteiger partial charge < -0.3 is 5.32 Å². The maximum atomic E-state index is 11.7. The highest BCUT2D eigenvalue weighted by atomic mass is 32.2. The summed E-state index contributed by atoms with van der Waals surface area (Å²) in [7, 11) is 1.69. The van der Waals surface area contributed by atoms with E-state index in [2.05, 4.69) is 26.2 Å². The second kappa shape index (κ2) is 7.22. The second-order valence-corrected chi connectivity index (χ2v) is 5.67. The van der Waals surface area contributed by atoms with Crippen LogP contribution in [-0.4, -0.2) is 43.9 Å². The Bertz CT molecular complexity index is 471. The molecule has 1 aromatic heterocycles. The first-order valence-corrected chi connectivity index (χ1v) is 7.59. The van der Waals surface area contributed by atoms with E-state index in [1.165, 1.54) is 22.9 Å². The van der Waals surface area contributed by atoms with E-state index in [1.807, 2.05) is 0 Å². The van der Waals surface area contributed by atoms with Gasteiger partial charge in [0.1, 0.15) is 0 Å². The highest BCUT2D eigenvalue weighted by Gasteiger charge is 2.17. The van der Waals surface area contributed by atoms with Crippen LogP contribution in [0.3, 0.4) is 0 Å². The number of rotatable bonds is 4. The molecule has 0 aliphatic heterocycles. The molecule has 2 N–H and O–H groups in total. The van der Waals surface area contributed by atoms with Crippen LogP contribution in [0.4, 0.5) is 4.79 Å². The van der Waals surface area contributed by atoms with Crippen molar-refractivity contribution in [2.75, 3.05) is 5.75 Å². The lowest BCUT2D eigenvalue weighted by Crippen LogP contribution is -2.45. The largest absolute Gasteiger partial charge is 0.335 e. The Hall–Kier alpha value is -1.64. The van der Waals surface area contributed by atoms with Crippen molar-refractivity contribution in [3.63, 3.8) is 0 Å². The zero-order valence-electron chi connectivity index (χ0n) is 11.3. The average molecular weight is 298 g/mol. The Labute approximate surface area is 121 Å². The SMILES string of the molecule is Cn1nnnc1SCC(=O)NC(=O)NC1CCCCC1. The minimum Gasteiger partial charge on any atom is -0.335 e. The number of carbonyl (C=O) groups excluding carboxylic acids is 2. The standard InChI is InChI=1S/C11H18N6O2S/c1-17-11(14-15-16-17)20-7-9(18)13-10(19)12-8-5-3-2-4-6-8/h8H,2-7H2,1H3,(H2,12,13,18,19). The molecule has 9 heteroatoms. The molecule has 3 amide bonds. The van der Waals surface area contributed by atoms with Crippen molar-refractivity contribution in [3.05, 3.63) is 0 Å². The Balaban J connectivity index is 1.68. The maximum Gasteiger partial charge on any atom is 0.321 e. The molecular weight excluding hydrogens is 280 g/mol. The van der Waals surface area contributed by atoms with Crippen LogP contribution < -0.4 is 10.6 Å². The van der Waals surface area contributed by atoms with Crippen LogP contribution in [0.15, 0.2) is 5.16 Å². The number of thioether (sulfide) groups is 1. The van der Waals surface area contributed by atoms with Gasteiger partial charge in [-0.2, -0.15) is 0 Å². The van der Waals surface area contributed by atoms with Gasteiger partial charge >= 0.3 is 6.03 Å². The van der Waals surface area contributed by atoms with Gasteiger partial charge in [-0.15, -0.1) is 5.10 Å². The summed E-state index contributed by atoms with van der Waals surface area (Å²) in [4.78, 5) is 23.3. The van der Waals surface area contributed by atoms with Crippen LogP contribution in [0.5, 0.6) is 0 Å². The van der Waals surface area contributed by atoms with Gasteiger partial charge in [0.25, 0.3) is 0 Å². The monoisotopic (exact) mass is 298 g/mol. The topological polar surface area (TPSA) is 102 Å². The molecule has 1 saturated carbocycles. The predicted octanol–water partition coefficient (Wildman–Crippen LogP) is 0.461. The molecule has 1 aliphatic carbocycles. The van der Waals surface area contributed by atoms with Crippen molar-refractivity contribution in [2.24, 2.45) is 7.05 Å². The van der Waals surface area contributed by atoms with E-state index < -0.39 is 6.03 Å². The molecule has 0 atom stereocenters. The summed E-state index contributed by atoms with van der Waals surface area (Å²) in [6.45, 7) is 0. The molecule has 1 aromatic rings. The lowest BCUT2D eigenvalue weighted by Gasteiger charge is -2.22. The van der Waals surface area contributed by atoms with Crippen LogP contribution in [0.2, 0.25) is 0 Å². The number of tetrazole rings is 1. The van der Waals surface area contributed by atoms with Crippen LogP contribution in [-0.2, 0) is 11.8 Å². The predicted molar refractivity (Wildman–Crippen MR) is 73.1 cm³/mol. The summed E-state index contributed by atoms with van der Waals surface area (Å²) >= 11 is 1.18. The summed E-state index contributed by atoms with van der Waals surface area (Å²) in [5, 5.41) is 16.6. The highest BCUT2D eigenvalue weighted by molar-refractivity contribution is 7.99. The Morgan fingerprint density at radius 2 is 2.10 bits per heavy atom. The number of amides is 3. The summed E-state index contributed by atoms with van der Waals surface area (Å²) in [6.07, 6.45) is 5.46. The average Bonchev–Trinajstić information content (AvgIpc) is 2.83. The zero-order valence-corrected chi connectivity index (χ0v) is 12.2. The number of nitrogens with one attached hydrogen (secondary N) is 2. The minimum absolute atomic E-state index is 0.103. The molecule has 110 valence electrons. The Kier molecular flexibility index (Phi) is 5.33. The van der Waals surface area contributed by atoms with Gasteiger partial charge in [-0.05, 0) is 23.3 Å². The first-order chi connectivity index (χ1) is 9.65. The number of urea groups is 1. The number of imide groups is 1. The quantitative estimate of drug-likeness (QED) is 0.783. The molecular formula is C11H18N6O2S. The third-order valence-corrected chi connectivity index (χ3v) is 4.12. The van der Waals surface area contributed by atoms with E-state index in [4.69, 9.17) is 0 Å².